The van der Waals surface area contributed by atoms with Gasteiger partial charge in [0, 0.05) is 25.2 Å². The van der Waals surface area contributed by atoms with E-state index in [2.05, 4.69) is 24.3 Å². The van der Waals surface area contributed by atoms with Gasteiger partial charge in [0.2, 0.25) is 5.91 Å². The van der Waals surface area contributed by atoms with Gasteiger partial charge in [-0.05, 0) is 25.8 Å². The third kappa shape index (κ3) is 4.51. The predicted molar refractivity (Wildman–Crippen MR) is 73.4 cm³/mol. The Kier molecular flexibility index (Phi) is 5.89. The van der Waals surface area contributed by atoms with E-state index in [-0.39, 0.29) is 5.91 Å². The van der Waals surface area contributed by atoms with Gasteiger partial charge < -0.3 is 5.32 Å². The van der Waals surface area contributed by atoms with Crippen LogP contribution in [-0.2, 0) is 11.3 Å². The van der Waals surface area contributed by atoms with E-state index in [1.165, 1.54) is 0 Å². The van der Waals surface area contributed by atoms with Gasteiger partial charge in [-0.25, -0.2) is 0 Å². The highest BCUT2D eigenvalue weighted by atomic mass is 16.1. The largest absolute Gasteiger partial charge is 0.356 e. The molecule has 0 bridgehead atoms. The molecule has 4 nitrogen and oxygen atoms in total. The number of hydrogen-bond acceptors (Lipinski definition) is 2. The Morgan fingerprint density at radius 2 is 2.06 bits per heavy atom. The minimum Gasteiger partial charge on any atom is -0.356 e. The monoisotopic (exact) mass is 251 g/mol. The van der Waals surface area contributed by atoms with Crippen molar-refractivity contribution >= 4 is 5.91 Å². The summed E-state index contributed by atoms with van der Waals surface area (Å²) >= 11 is 0. The van der Waals surface area contributed by atoms with Gasteiger partial charge >= 0.3 is 0 Å². The average molecular weight is 251 g/mol. The molecule has 102 valence electrons. The molecule has 0 atom stereocenters. The van der Waals surface area contributed by atoms with Crippen LogP contribution in [0.15, 0.2) is 6.07 Å². The lowest BCUT2D eigenvalue weighted by Crippen LogP contribution is -2.29. The summed E-state index contributed by atoms with van der Waals surface area (Å²) in [4.78, 5) is 11.7. The quantitative estimate of drug-likeness (QED) is 0.809. The third-order valence-electron chi connectivity index (χ3n) is 3.40. The molecule has 1 heterocycles. The maximum Gasteiger partial charge on any atom is 0.221 e. The van der Waals surface area contributed by atoms with Gasteiger partial charge in [0.25, 0.3) is 0 Å². The van der Waals surface area contributed by atoms with Crippen LogP contribution in [-0.4, -0.2) is 22.2 Å². The molecule has 0 aromatic carbocycles. The highest BCUT2D eigenvalue weighted by molar-refractivity contribution is 5.75. The molecular formula is C14H25N3O. The number of aromatic nitrogens is 2. The van der Waals surface area contributed by atoms with Crippen molar-refractivity contribution in [2.75, 3.05) is 6.54 Å². The van der Waals surface area contributed by atoms with Crippen LogP contribution in [0.2, 0.25) is 0 Å². The van der Waals surface area contributed by atoms with Gasteiger partial charge in [-0.1, -0.05) is 26.7 Å². The molecule has 1 aromatic rings. The normalized spacial score (nSPS) is 10.9. The van der Waals surface area contributed by atoms with Gasteiger partial charge in [0.05, 0.1) is 5.69 Å². The van der Waals surface area contributed by atoms with E-state index >= 15 is 0 Å². The van der Waals surface area contributed by atoms with Crippen LogP contribution in [0.1, 0.15) is 44.5 Å². The first-order valence-corrected chi connectivity index (χ1v) is 6.84. The molecule has 1 rings (SSSR count). The summed E-state index contributed by atoms with van der Waals surface area (Å²) in [6.45, 7) is 9.77. The van der Waals surface area contributed by atoms with Crippen LogP contribution in [0.5, 0.6) is 0 Å². The molecule has 0 fully saturated rings. The Morgan fingerprint density at radius 1 is 1.39 bits per heavy atom. The maximum atomic E-state index is 11.7. The molecule has 0 saturated heterocycles. The summed E-state index contributed by atoms with van der Waals surface area (Å²) < 4.78 is 1.89. The number of nitrogens with one attached hydrogen (secondary N) is 1. The van der Waals surface area contributed by atoms with Crippen LogP contribution < -0.4 is 5.32 Å². The Hall–Kier alpha value is -1.32. The van der Waals surface area contributed by atoms with Crippen molar-refractivity contribution in [2.24, 2.45) is 5.92 Å². The first kappa shape index (κ1) is 14.7. The number of hydrogen-bond donors (Lipinski definition) is 1. The van der Waals surface area contributed by atoms with Crippen LogP contribution in [0, 0.1) is 19.8 Å². The van der Waals surface area contributed by atoms with E-state index < -0.39 is 0 Å². The number of amides is 1. The van der Waals surface area contributed by atoms with Gasteiger partial charge in [-0.15, -0.1) is 0 Å². The zero-order valence-corrected chi connectivity index (χ0v) is 12.0. The first-order chi connectivity index (χ1) is 8.56. The van der Waals surface area contributed by atoms with E-state index in [4.69, 9.17) is 0 Å². The van der Waals surface area contributed by atoms with E-state index in [0.29, 0.717) is 18.9 Å². The molecule has 1 amide bonds. The molecule has 0 aliphatic heterocycles. The van der Waals surface area contributed by atoms with Crippen molar-refractivity contribution in [3.63, 3.8) is 0 Å². The van der Waals surface area contributed by atoms with Crippen LogP contribution in [0.3, 0.4) is 0 Å². The number of carbonyl (C=O) groups excluding carboxylic acids is 1. The summed E-state index contributed by atoms with van der Waals surface area (Å²) in [5.74, 6) is 0.720. The Bertz CT molecular complexity index is 380. The van der Waals surface area contributed by atoms with E-state index in [1.807, 2.05) is 24.6 Å². The predicted octanol–water partition coefficient (Wildman–Crippen LogP) is 2.44. The summed E-state index contributed by atoms with van der Waals surface area (Å²) in [6.07, 6.45) is 2.74. The fourth-order valence-electron chi connectivity index (χ4n) is 2.03. The Balaban J connectivity index is 2.31. The third-order valence-corrected chi connectivity index (χ3v) is 3.40. The van der Waals surface area contributed by atoms with E-state index in [9.17, 15) is 4.79 Å². The van der Waals surface area contributed by atoms with Crippen LogP contribution >= 0.6 is 0 Å². The lowest BCUT2D eigenvalue weighted by atomic mass is 10.0. The second-order valence-electron chi connectivity index (χ2n) is 4.89. The number of nitrogens with zero attached hydrogens (tertiary/aromatic N) is 2. The molecule has 0 radical (unpaired) electrons. The summed E-state index contributed by atoms with van der Waals surface area (Å²) in [5.41, 5.74) is 2.12. The van der Waals surface area contributed by atoms with Gasteiger partial charge in [0.1, 0.15) is 0 Å². The molecule has 0 unspecified atom stereocenters. The van der Waals surface area contributed by atoms with Gasteiger partial charge in [0.15, 0.2) is 0 Å². The molecule has 0 spiro atoms. The summed E-state index contributed by atoms with van der Waals surface area (Å²) in [7, 11) is 0. The zero-order chi connectivity index (χ0) is 13.5. The van der Waals surface area contributed by atoms with Crippen molar-refractivity contribution in [1.82, 2.24) is 15.1 Å². The minimum atomic E-state index is 0.120. The molecule has 0 aliphatic rings. The van der Waals surface area contributed by atoms with Gasteiger partial charge in [-0.3, -0.25) is 9.48 Å². The van der Waals surface area contributed by atoms with Crippen molar-refractivity contribution in [1.29, 1.82) is 0 Å². The number of carbonyl (C=O) groups is 1. The topological polar surface area (TPSA) is 46.9 Å². The Morgan fingerprint density at radius 3 is 2.56 bits per heavy atom. The number of aryl methyl sites for hydroxylation is 3. The van der Waals surface area contributed by atoms with E-state index in [0.717, 1.165) is 30.8 Å². The average Bonchev–Trinajstić information content (AvgIpc) is 2.66. The Labute approximate surface area is 110 Å². The second-order valence-corrected chi connectivity index (χ2v) is 4.89. The van der Waals surface area contributed by atoms with Crippen molar-refractivity contribution in [2.45, 2.75) is 53.5 Å². The summed E-state index contributed by atoms with van der Waals surface area (Å²) in [6, 6.07) is 2.03. The van der Waals surface area contributed by atoms with Gasteiger partial charge in [-0.2, -0.15) is 5.10 Å². The SMILES string of the molecule is CCC(CC)CNC(=O)CCn1nc(C)cc1C. The lowest BCUT2D eigenvalue weighted by Gasteiger charge is -2.13. The fraction of sp³-hybridized carbons (Fsp3) is 0.714. The smallest absolute Gasteiger partial charge is 0.221 e. The minimum absolute atomic E-state index is 0.120. The molecule has 1 N–H and O–H groups in total. The molecule has 1 aromatic heterocycles. The van der Waals surface area contributed by atoms with Crippen molar-refractivity contribution in [3.8, 4) is 0 Å². The summed E-state index contributed by atoms with van der Waals surface area (Å²) in [5, 5.41) is 7.35. The van der Waals surface area contributed by atoms with Crippen LogP contribution in [0.4, 0.5) is 0 Å². The second kappa shape index (κ2) is 7.19. The fourth-order valence-corrected chi connectivity index (χ4v) is 2.03. The molecular weight excluding hydrogens is 226 g/mol. The first-order valence-electron chi connectivity index (χ1n) is 6.84. The number of rotatable bonds is 7. The van der Waals surface area contributed by atoms with E-state index in [1.54, 1.807) is 0 Å². The standard InChI is InChI=1S/C14H25N3O/c1-5-13(6-2)10-15-14(18)7-8-17-12(4)9-11(3)16-17/h9,13H,5-8,10H2,1-4H3,(H,15,18). The van der Waals surface area contributed by atoms with Crippen LogP contribution in [0.25, 0.3) is 0 Å². The highest BCUT2D eigenvalue weighted by Gasteiger charge is 2.08. The molecule has 0 aliphatic carbocycles. The molecule has 0 saturated carbocycles. The van der Waals surface area contributed by atoms with Crippen molar-refractivity contribution in [3.05, 3.63) is 17.5 Å². The van der Waals surface area contributed by atoms with Crippen molar-refractivity contribution < 1.29 is 4.79 Å². The molecule has 4 heteroatoms. The zero-order valence-electron chi connectivity index (χ0n) is 12.0. The lowest BCUT2D eigenvalue weighted by molar-refractivity contribution is -0.121. The molecule has 18 heavy (non-hydrogen) atoms. The highest BCUT2D eigenvalue weighted by Crippen LogP contribution is 2.06. The maximum absolute atomic E-state index is 11.7.